The standard InChI is InChI=1S/C4H12N2S2.C2H4INO/c5-1-3-7-8-4-2-6;3-1-2(4)5/h1-6H2;1H2,(H2,4,5). The fraction of sp³-hybridized carbons (Fsp3) is 0.833. The molecule has 7 heteroatoms. The molecule has 0 aromatic heterocycles. The van der Waals surface area contributed by atoms with Crippen LogP contribution < -0.4 is 17.2 Å². The van der Waals surface area contributed by atoms with Gasteiger partial charge in [-0.25, -0.2) is 0 Å². The van der Waals surface area contributed by atoms with Crippen molar-refractivity contribution >= 4 is 50.1 Å². The second kappa shape index (κ2) is 15.3. The smallest absolute Gasteiger partial charge is 0.227 e. The molecule has 4 nitrogen and oxygen atoms in total. The topological polar surface area (TPSA) is 95.1 Å². The van der Waals surface area contributed by atoms with E-state index >= 15 is 0 Å². The number of primary amides is 1. The minimum atomic E-state index is -0.259. The van der Waals surface area contributed by atoms with Crippen LogP contribution in [-0.4, -0.2) is 34.9 Å². The van der Waals surface area contributed by atoms with Gasteiger partial charge in [0.15, 0.2) is 0 Å². The Kier molecular flexibility index (Phi) is 19.1. The van der Waals surface area contributed by atoms with Crippen LogP contribution in [-0.2, 0) is 4.79 Å². The third-order valence-electron chi connectivity index (χ3n) is 0.617. The first-order valence-corrected chi connectivity index (χ1v) is 7.69. The average molecular weight is 337 g/mol. The molecule has 1 amide bonds. The largest absolute Gasteiger partial charge is 0.369 e. The molecule has 0 fully saturated rings. The zero-order valence-corrected chi connectivity index (χ0v) is 11.2. The summed E-state index contributed by atoms with van der Waals surface area (Å²) in [5, 5.41) is 0. The van der Waals surface area contributed by atoms with Crippen LogP contribution in [0, 0.1) is 0 Å². The molecule has 0 aliphatic heterocycles. The number of nitrogens with two attached hydrogens (primary N) is 3. The fourth-order valence-corrected chi connectivity index (χ4v) is 1.93. The summed E-state index contributed by atoms with van der Waals surface area (Å²) in [7, 11) is 3.58. The summed E-state index contributed by atoms with van der Waals surface area (Å²) in [5.41, 5.74) is 15.1. The molecule has 6 N–H and O–H groups in total. The number of hydrogen-bond donors (Lipinski definition) is 3. The van der Waals surface area contributed by atoms with Crippen molar-refractivity contribution in [1.82, 2.24) is 0 Å². The highest BCUT2D eigenvalue weighted by Gasteiger charge is 1.84. The van der Waals surface area contributed by atoms with Gasteiger partial charge in [0, 0.05) is 24.6 Å². The molecule has 80 valence electrons. The van der Waals surface area contributed by atoms with Gasteiger partial charge in [-0.3, -0.25) is 4.79 Å². The van der Waals surface area contributed by atoms with Crippen LogP contribution >= 0.6 is 44.2 Å². The van der Waals surface area contributed by atoms with Gasteiger partial charge in [-0.15, -0.1) is 0 Å². The minimum absolute atomic E-state index is 0.259. The summed E-state index contributed by atoms with van der Waals surface area (Å²) in [4.78, 5) is 9.58. The van der Waals surface area contributed by atoms with Gasteiger partial charge in [-0.2, -0.15) is 0 Å². The Morgan fingerprint density at radius 1 is 1.15 bits per heavy atom. The Balaban J connectivity index is 0. The van der Waals surface area contributed by atoms with Crippen molar-refractivity contribution in [2.24, 2.45) is 17.2 Å². The molecule has 0 aromatic rings. The first kappa shape index (κ1) is 16.3. The monoisotopic (exact) mass is 337 g/mol. The number of hydrogen-bond acceptors (Lipinski definition) is 5. The lowest BCUT2D eigenvalue weighted by atomic mass is 10.8. The van der Waals surface area contributed by atoms with E-state index in [1.165, 1.54) is 0 Å². The van der Waals surface area contributed by atoms with Crippen molar-refractivity contribution in [2.75, 3.05) is 29.0 Å². The van der Waals surface area contributed by atoms with Crippen LogP contribution in [0.5, 0.6) is 0 Å². The molecule has 0 aliphatic carbocycles. The van der Waals surface area contributed by atoms with Crippen LogP contribution in [0.1, 0.15) is 0 Å². The first-order chi connectivity index (χ1) is 6.18. The third-order valence-corrected chi connectivity index (χ3v) is 3.84. The summed E-state index contributed by atoms with van der Waals surface area (Å²) in [5.74, 6) is 1.81. The Hall–Kier alpha value is 0.820. The van der Waals surface area contributed by atoms with Crippen molar-refractivity contribution < 1.29 is 4.79 Å². The predicted molar refractivity (Wildman–Crippen MR) is 71.1 cm³/mol. The first-order valence-electron chi connectivity index (χ1n) is 3.67. The number of amides is 1. The Morgan fingerprint density at radius 2 is 1.46 bits per heavy atom. The van der Waals surface area contributed by atoms with Gasteiger partial charge in [0.05, 0.1) is 4.43 Å². The van der Waals surface area contributed by atoms with E-state index in [0.29, 0.717) is 4.43 Å². The molecular weight excluding hydrogens is 321 g/mol. The quantitative estimate of drug-likeness (QED) is 0.278. The maximum Gasteiger partial charge on any atom is 0.227 e. The lowest BCUT2D eigenvalue weighted by molar-refractivity contribution is -0.115. The van der Waals surface area contributed by atoms with Crippen LogP contribution in [0.4, 0.5) is 0 Å². The molecule has 0 radical (unpaired) electrons. The molecule has 0 rings (SSSR count). The van der Waals surface area contributed by atoms with Gasteiger partial charge in [-0.05, 0) is 0 Å². The van der Waals surface area contributed by atoms with Crippen LogP contribution in [0.15, 0.2) is 0 Å². The lowest BCUT2D eigenvalue weighted by Gasteiger charge is -1.93. The van der Waals surface area contributed by atoms with Crippen LogP contribution in [0.3, 0.4) is 0 Å². The summed E-state index contributed by atoms with van der Waals surface area (Å²) in [6.45, 7) is 1.53. The van der Waals surface area contributed by atoms with Crippen molar-refractivity contribution in [3.63, 3.8) is 0 Å². The Bertz CT molecular complexity index is 112. The van der Waals surface area contributed by atoms with E-state index in [1.54, 1.807) is 21.6 Å². The molecule has 0 aromatic carbocycles. The number of carbonyl (C=O) groups excluding carboxylic acids is 1. The predicted octanol–water partition coefficient (Wildman–Crippen LogP) is 0.192. The van der Waals surface area contributed by atoms with Gasteiger partial charge >= 0.3 is 0 Å². The van der Waals surface area contributed by atoms with Crippen molar-refractivity contribution in [1.29, 1.82) is 0 Å². The normalized spacial score (nSPS) is 8.85. The van der Waals surface area contributed by atoms with E-state index in [2.05, 4.69) is 5.73 Å². The molecule has 0 aliphatic rings. The van der Waals surface area contributed by atoms with E-state index in [4.69, 9.17) is 11.5 Å². The highest BCUT2D eigenvalue weighted by molar-refractivity contribution is 14.1. The molecular formula is C6H16IN3OS2. The number of rotatable bonds is 6. The molecule has 0 heterocycles. The van der Waals surface area contributed by atoms with Crippen molar-refractivity contribution in [3.8, 4) is 0 Å². The summed E-state index contributed by atoms with van der Waals surface area (Å²) < 4.78 is 0.414. The summed E-state index contributed by atoms with van der Waals surface area (Å²) in [6, 6.07) is 0. The Morgan fingerprint density at radius 3 is 1.62 bits per heavy atom. The van der Waals surface area contributed by atoms with E-state index in [-0.39, 0.29) is 5.91 Å². The highest BCUT2D eigenvalue weighted by atomic mass is 127. The van der Waals surface area contributed by atoms with E-state index in [1.807, 2.05) is 22.6 Å². The van der Waals surface area contributed by atoms with Gasteiger partial charge in [0.25, 0.3) is 0 Å². The zero-order chi connectivity index (χ0) is 10.5. The molecule has 0 bridgehead atoms. The number of alkyl halides is 1. The molecule has 13 heavy (non-hydrogen) atoms. The Labute approximate surface area is 101 Å². The second-order valence-corrected chi connectivity index (χ2v) is 5.29. The number of halogens is 1. The van der Waals surface area contributed by atoms with Gasteiger partial charge in [-0.1, -0.05) is 44.2 Å². The highest BCUT2D eigenvalue weighted by Crippen LogP contribution is 2.18. The summed E-state index contributed by atoms with van der Waals surface area (Å²) in [6.07, 6.45) is 0. The molecule has 0 spiro atoms. The van der Waals surface area contributed by atoms with Gasteiger partial charge < -0.3 is 17.2 Å². The van der Waals surface area contributed by atoms with Gasteiger partial charge in [0.2, 0.25) is 5.91 Å². The average Bonchev–Trinajstić information content (AvgIpc) is 2.14. The third kappa shape index (κ3) is 24.5. The summed E-state index contributed by atoms with van der Waals surface area (Å²) >= 11 is 1.90. The van der Waals surface area contributed by atoms with E-state index < -0.39 is 0 Å². The lowest BCUT2D eigenvalue weighted by Crippen LogP contribution is -2.10. The zero-order valence-electron chi connectivity index (χ0n) is 7.37. The van der Waals surface area contributed by atoms with Crippen LogP contribution in [0.25, 0.3) is 0 Å². The maximum absolute atomic E-state index is 9.58. The maximum atomic E-state index is 9.58. The van der Waals surface area contributed by atoms with Crippen molar-refractivity contribution in [3.05, 3.63) is 0 Å². The second-order valence-electron chi connectivity index (χ2n) is 1.82. The van der Waals surface area contributed by atoms with Crippen LogP contribution in [0.2, 0.25) is 0 Å². The minimum Gasteiger partial charge on any atom is -0.369 e. The molecule has 0 atom stereocenters. The number of carbonyl (C=O) groups is 1. The van der Waals surface area contributed by atoms with E-state index in [0.717, 1.165) is 24.6 Å². The molecule has 0 unspecified atom stereocenters. The fourth-order valence-electron chi connectivity index (χ4n) is 0.214. The molecule has 0 saturated heterocycles. The van der Waals surface area contributed by atoms with E-state index in [9.17, 15) is 4.79 Å². The van der Waals surface area contributed by atoms with Gasteiger partial charge in [0.1, 0.15) is 0 Å². The molecule has 0 saturated carbocycles. The van der Waals surface area contributed by atoms with Crippen molar-refractivity contribution in [2.45, 2.75) is 0 Å². The SMILES string of the molecule is NC(=O)CI.NCCSSCCN.